The third-order valence-electron chi connectivity index (χ3n) is 3.58. The number of hydrogen-bond donors (Lipinski definition) is 1. The first kappa shape index (κ1) is 17.2. The Hall–Kier alpha value is -2.61. The molecule has 1 aliphatic heterocycles. The maximum Gasteiger partial charge on any atom is 0.273 e. The molecule has 0 saturated heterocycles. The largest absolute Gasteiger partial charge is 0.295 e. The van der Waals surface area contributed by atoms with Crippen molar-refractivity contribution in [3.63, 3.8) is 0 Å². The number of amides is 2. The Balaban J connectivity index is 1.77. The van der Waals surface area contributed by atoms with E-state index in [1.807, 2.05) is 39.0 Å². The van der Waals surface area contributed by atoms with Crippen molar-refractivity contribution >= 4 is 39.7 Å². The van der Waals surface area contributed by atoms with Crippen molar-refractivity contribution in [2.75, 3.05) is 10.3 Å². The molecule has 130 valence electrons. The van der Waals surface area contributed by atoms with Crippen LogP contribution in [0, 0.1) is 0 Å². The van der Waals surface area contributed by atoms with E-state index in [1.165, 1.54) is 16.3 Å². The molecule has 2 heterocycles. The quantitative estimate of drug-likeness (QED) is 0.915. The van der Waals surface area contributed by atoms with Gasteiger partial charge in [0.1, 0.15) is 10.7 Å². The highest BCUT2D eigenvalue weighted by Gasteiger charge is 2.26. The summed E-state index contributed by atoms with van der Waals surface area (Å²) < 4.78 is 0. The zero-order chi connectivity index (χ0) is 18.0. The van der Waals surface area contributed by atoms with Crippen molar-refractivity contribution in [1.82, 2.24) is 10.2 Å². The third-order valence-corrected chi connectivity index (χ3v) is 4.85. The number of hydrazone groups is 1. The first-order valence-corrected chi connectivity index (χ1v) is 8.77. The van der Waals surface area contributed by atoms with Crippen LogP contribution < -0.4 is 10.3 Å². The summed E-state index contributed by atoms with van der Waals surface area (Å²) >= 11 is 1.34. The van der Waals surface area contributed by atoms with Gasteiger partial charge in [0.05, 0.1) is 5.69 Å². The normalized spacial score (nSPS) is 15.1. The molecule has 2 amide bonds. The number of benzene rings is 1. The first-order chi connectivity index (χ1) is 11.8. The second-order valence-corrected chi connectivity index (χ2v) is 7.68. The predicted octanol–water partition coefficient (Wildman–Crippen LogP) is 2.96. The van der Waals surface area contributed by atoms with Gasteiger partial charge in [-0.1, -0.05) is 50.3 Å². The standard InChI is InChI=1S/C17H19N5O2S/c1-17(2,3)15-19-20-16(25-15)18-14(24)12-9-10-13(23)22(21-12)11-7-5-4-6-8-11/h4-8H,9-10H2,1-3H3,(H,18,20,24). The Bertz CT molecular complexity index is 823. The zero-order valence-corrected chi connectivity index (χ0v) is 15.1. The minimum atomic E-state index is -0.356. The van der Waals surface area contributed by atoms with Crippen molar-refractivity contribution in [1.29, 1.82) is 0 Å². The van der Waals surface area contributed by atoms with E-state index >= 15 is 0 Å². The van der Waals surface area contributed by atoms with E-state index in [-0.39, 0.29) is 23.7 Å². The lowest BCUT2D eigenvalue weighted by molar-refractivity contribution is -0.118. The maximum atomic E-state index is 12.5. The molecule has 0 radical (unpaired) electrons. The van der Waals surface area contributed by atoms with Gasteiger partial charge in [-0.25, -0.2) is 5.01 Å². The summed E-state index contributed by atoms with van der Waals surface area (Å²) in [5, 5.41) is 17.6. The average molecular weight is 357 g/mol. The Labute approximate surface area is 149 Å². The fourth-order valence-corrected chi connectivity index (χ4v) is 3.03. The van der Waals surface area contributed by atoms with Crippen LogP contribution >= 0.6 is 11.3 Å². The highest BCUT2D eigenvalue weighted by atomic mass is 32.1. The molecule has 7 nitrogen and oxygen atoms in total. The first-order valence-electron chi connectivity index (χ1n) is 7.95. The molecule has 0 bridgehead atoms. The van der Waals surface area contributed by atoms with Crippen LogP contribution in [-0.2, 0) is 15.0 Å². The number of para-hydroxylation sites is 1. The third kappa shape index (κ3) is 3.90. The molecular formula is C17H19N5O2S. The average Bonchev–Trinajstić information content (AvgIpc) is 3.05. The SMILES string of the molecule is CC(C)(C)c1nnc(NC(=O)C2=NN(c3ccccc3)C(=O)CC2)s1. The molecule has 8 heteroatoms. The lowest BCUT2D eigenvalue weighted by Gasteiger charge is -2.22. The Morgan fingerprint density at radius 3 is 2.52 bits per heavy atom. The number of hydrogen-bond acceptors (Lipinski definition) is 6. The summed E-state index contributed by atoms with van der Waals surface area (Å²) in [6, 6.07) is 9.06. The minimum Gasteiger partial charge on any atom is -0.295 e. The van der Waals surface area contributed by atoms with Crippen LogP contribution in [0.4, 0.5) is 10.8 Å². The van der Waals surface area contributed by atoms with Gasteiger partial charge in [-0.05, 0) is 12.1 Å². The number of nitrogens with zero attached hydrogens (tertiary/aromatic N) is 4. The van der Waals surface area contributed by atoms with Crippen LogP contribution in [-0.4, -0.2) is 27.7 Å². The van der Waals surface area contributed by atoms with Crippen LogP contribution in [0.3, 0.4) is 0 Å². The van der Waals surface area contributed by atoms with E-state index < -0.39 is 0 Å². The predicted molar refractivity (Wildman–Crippen MR) is 97.8 cm³/mol. The zero-order valence-electron chi connectivity index (χ0n) is 14.3. The highest BCUT2D eigenvalue weighted by Crippen LogP contribution is 2.28. The van der Waals surface area contributed by atoms with Gasteiger partial charge in [0.15, 0.2) is 0 Å². The van der Waals surface area contributed by atoms with E-state index in [1.54, 1.807) is 12.1 Å². The van der Waals surface area contributed by atoms with Gasteiger partial charge in [0.2, 0.25) is 11.0 Å². The monoisotopic (exact) mass is 357 g/mol. The molecule has 1 aromatic heterocycles. The molecule has 1 aliphatic rings. The van der Waals surface area contributed by atoms with Crippen molar-refractivity contribution < 1.29 is 9.59 Å². The molecule has 0 spiro atoms. The Kier molecular flexibility index (Phi) is 4.63. The smallest absolute Gasteiger partial charge is 0.273 e. The fourth-order valence-electron chi connectivity index (χ4n) is 2.23. The van der Waals surface area contributed by atoms with Crippen LogP contribution in [0.1, 0.15) is 38.6 Å². The van der Waals surface area contributed by atoms with Crippen molar-refractivity contribution in [3.05, 3.63) is 35.3 Å². The fraction of sp³-hybridized carbons (Fsp3) is 0.353. The summed E-state index contributed by atoms with van der Waals surface area (Å²) in [4.78, 5) is 24.6. The molecule has 0 atom stereocenters. The van der Waals surface area contributed by atoms with Gasteiger partial charge in [0, 0.05) is 18.3 Å². The Morgan fingerprint density at radius 1 is 1.16 bits per heavy atom. The van der Waals surface area contributed by atoms with Crippen LogP contribution in [0.25, 0.3) is 0 Å². The summed E-state index contributed by atoms with van der Waals surface area (Å²) in [6.07, 6.45) is 0.545. The molecule has 0 saturated carbocycles. The van der Waals surface area contributed by atoms with E-state index in [0.717, 1.165) is 5.01 Å². The van der Waals surface area contributed by atoms with Gasteiger partial charge in [0.25, 0.3) is 5.91 Å². The van der Waals surface area contributed by atoms with Gasteiger partial charge >= 0.3 is 0 Å². The molecule has 3 rings (SSSR count). The van der Waals surface area contributed by atoms with Crippen LogP contribution in [0.5, 0.6) is 0 Å². The van der Waals surface area contributed by atoms with Crippen LogP contribution in [0.2, 0.25) is 0 Å². The van der Waals surface area contributed by atoms with E-state index in [0.29, 0.717) is 23.0 Å². The van der Waals surface area contributed by atoms with Crippen LogP contribution in [0.15, 0.2) is 35.4 Å². The van der Waals surface area contributed by atoms with Crippen molar-refractivity contribution in [2.45, 2.75) is 39.0 Å². The highest BCUT2D eigenvalue weighted by molar-refractivity contribution is 7.15. The topological polar surface area (TPSA) is 87.6 Å². The number of anilines is 2. The summed E-state index contributed by atoms with van der Waals surface area (Å²) in [6.45, 7) is 6.11. The molecule has 25 heavy (non-hydrogen) atoms. The molecular weight excluding hydrogens is 338 g/mol. The van der Waals surface area contributed by atoms with E-state index in [4.69, 9.17) is 0 Å². The number of aromatic nitrogens is 2. The molecule has 1 aromatic carbocycles. The number of carbonyl (C=O) groups excluding carboxylic acids is 2. The lowest BCUT2D eigenvalue weighted by atomic mass is 9.98. The second-order valence-electron chi connectivity index (χ2n) is 6.70. The number of rotatable bonds is 3. The minimum absolute atomic E-state index is 0.125. The molecule has 0 aliphatic carbocycles. The molecule has 0 unspecified atom stereocenters. The van der Waals surface area contributed by atoms with Gasteiger partial charge < -0.3 is 0 Å². The Morgan fingerprint density at radius 2 is 1.88 bits per heavy atom. The number of nitrogens with one attached hydrogen (secondary N) is 1. The van der Waals surface area contributed by atoms with E-state index in [2.05, 4.69) is 20.6 Å². The van der Waals surface area contributed by atoms with Gasteiger partial charge in [-0.2, -0.15) is 5.10 Å². The van der Waals surface area contributed by atoms with Gasteiger partial charge in [-0.15, -0.1) is 10.2 Å². The summed E-state index contributed by atoms with van der Waals surface area (Å²) in [5.74, 6) is -0.487. The molecule has 2 aromatic rings. The van der Waals surface area contributed by atoms with Crippen molar-refractivity contribution in [3.8, 4) is 0 Å². The maximum absolute atomic E-state index is 12.5. The van der Waals surface area contributed by atoms with Gasteiger partial charge in [-0.3, -0.25) is 14.9 Å². The van der Waals surface area contributed by atoms with E-state index in [9.17, 15) is 9.59 Å². The summed E-state index contributed by atoms with van der Waals surface area (Å²) in [5.41, 5.74) is 0.818. The molecule has 0 fully saturated rings. The number of carbonyl (C=O) groups is 2. The van der Waals surface area contributed by atoms with Crippen molar-refractivity contribution in [2.24, 2.45) is 5.10 Å². The molecule has 1 N–H and O–H groups in total. The lowest BCUT2D eigenvalue weighted by Crippen LogP contribution is -2.36. The second kappa shape index (κ2) is 6.72. The summed E-state index contributed by atoms with van der Waals surface area (Å²) in [7, 11) is 0.